The van der Waals surface area contributed by atoms with E-state index in [0.29, 0.717) is 54.5 Å². The van der Waals surface area contributed by atoms with Crippen LogP contribution < -0.4 is 14.8 Å². The lowest BCUT2D eigenvalue weighted by Gasteiger charge is -2.18. The molecule has 2 aromatic rings. The Hall–Kier alpha value is -1.50. The van der Waals surface area contributed by atoms with E-state index in [0.717, 1.165) is 11.1 Å². The van der Waals surface area contributed by atoms with Gasteiger partial charge in [0.15, 0.2) is 17.8 Å². The van der Waals surface area contributed by atoms with E-state index >= 15 is 0 Å². The molecule has 0 aliphatic carbocycles. The number of hydrogen-bond acceptors (Lipinski definition) is 5. The summed E-state index contributed by atoms with van der Waals surface area (Å²) < 4.78 is 22.4. The average Bonchev–Trinajstić information content (AvgIpc) is 2.68. The summed E-state index contributed by atoms with van der Waals surface area (Å²) in [6.45, 7) is 6.73. The van der Waals surface area contributed by atoms with Crippen LogP contribution in [0.15, 0.2) is 36.4 Å². The fourth-order valence-corrected chi connectivity index (χ4v) is 3.07. The van der Waals surface area contributed by atoms with Crippen molar-refractivity contribution in [1.29, 1.82) is 0 Å². The van der Waals surface area contributed by atoms with E-state index in [4.69, 9.17) is 42.1 Å². The minimum atomic E-state index is -0.247. The van der Waals surface area contributed by atoms with Crippen LogP contribution in [0.4, 0.5) is 0 Å². The molecule has 0 aliphatic heterocycles. The van der Waals surface area contributed by atoms with E-state index in [-0.39, 0.29) is 6.29 Å². The highest BCUT2D eigenvalue weighted by Gasteiger charge is 2.10. The van der Waals surface area contributed by atoms with Crippen LogP contribution in [0, 0.1) is 0 Å². The number of methoxy groups -OCH3 is 1. The van der Waals surface area contributed by atoms with Gasteiger partial charge in [0.1, 0.15) is 6.61 Å². The van der Waals surface area contributed by atoms with E-state index < -0.39 is 0 Å². The molecule has 0 radical (unpaired) electrons. The van der Waals surface area contributed by atoms with Gasteiger partial charge in [-0.15, -0.1) is 0 Å². The van der Waals surface area contributed by atoms with Gasteiger partial charge in [-0.25, -0.2) is 0 Å². The van der Waals surface area contributed by atoms with Gasteiger partial charge in [-0.3, -0.25) is 0 Å². The Labute approximate surface area is 176 Å². The summed E-state index contributed by atoms with van der Waals surface area (Å²) >= 11 is 12.1. The summed E-state index contributed by atoms with van der Waals surface area (Å²) in [7, 11) is 1.62. The Morgan fingerprint density at radius 1 is 0.964 bits per heavy atom. The van der Waals surface area contributed by atoms with Crippen molar-refractivity contribution in [3.8, 4) is 11.5 Å². The molecule has 0 amide bonds. The van der Waals surface area contributed by atoms with Crippen LogP contribution in [0.1, 0.15) is 25.0 Å². The van der Waals surface area contributed by atoms with Crippen LogP contribution in [0.5, 0.6) is 11.5 Å². The molecule has 0 bridgehead atoms. The maximum Gasteiger partial charge on any atom is 0.169 e. The maximum atomic E-state index is 6.20. The fourth-order valence-electron chi connectivity index (χ4n) is 2.61. The van der Waals surface area contributed by atoms with E-state index in [9.17, 15) is 0 Å². The Bertz CT molecular complexity index is 736. The van der Waals surface area contributed by atoms with E-state index in [2.05, 4.69) is 5.32 Å². The molecule has 0 atom stereocenters. The minimum absolute atomic E-state index is 0.247. The zero-order chi connectivity index (χ0) is 20.4. The van der Waals surface area contributed by atoms with Gasteiger partial charge in [-0.2, -0.15) is 0 Å². The molecule has 0 spiro atoms. The summed E-state index contributed by atoms with van der Waals surface area (Å²) in [5.41, 5.74) is 1.93. The second-order valence-corrected chi connectivity index (χ2v) is 6.82. The highest BCUT2D eigenvalue weighted by molar-refractivity contribution is 6.35. The third kappa shape index (κ3) is 7.15. The third-order valence-electron chi connectivity index (χ3n) is 3.97. The summed E-state index contributed by atoms with van der Waals surface area (Å²) in [5, 5.41) is 4.51. The first-order valence-corrected chi connectivity index (χ1v) is 10.0. The molecule has 0 fully saturated rings. The van der Waals surface area contributed by atoms with Crippen LogP contribution in [-0.2, 0) is 22.6 Å². The molecule has 1 N–H and O–H groups in total. The summed E-state index contributed by atoms with van der Waals surface area (Å²) in [5.74, 6) is 1.31. The van der Waals surface area contributed by atoms with Gasteiger partial charge in [-0.05, 0) is 43.7 Å². The standard InChI is InChI=1S/C21H27Cl2NO4/c1-4-26-21(27-5-2)13-24-12-15-6-9-19(20(10-15)25-3)28-14-16-7-8-17(22)11-18(16)23/h6-11,21,24H,4-5,12-14H2,1-3H3. The number of ether oxygens (including phenoxy) is 4. The predicted molar refractivity (Wildman–Crippen MR) is 113 cm³/mol. The fraction of sp³-hybridized carbons (Fsp3) is 0.429. The molecule has 0 aromatic heterocycles. The lowest BCUT2D eigenvalue weighted by Crippen LogP contribution is -2.31. The molecule has 0 saturated carbocycles. The second-order valence-electron chi connectivity index (χ2n) is 5.98. The molecule has 154 valence electrons. The topological polar surface area (TPSA) is 49.0 Å². The van der Waals surface area contributed by atoms with Gasteiger partial charge in [-0.1, -0.05) is 35.3 Å². The van der Waals surface area contributed by atoms with Crippen LogP contribution in [0.3, 0.4) is 0 Å². The molecule has 0 heterocycles. The van der Waals surface area contributed by atoms with Crippen LogP contribution in [-0.4, -0.2) is 33.2 Å². The number of nitrogens with one attached hydrogen (secondary N) is 1. The summed E-state index contributed by atoms with van der Waals surface area (Å²) in [6.07, 6.45) is -0.247. The smallest absolute Gasteiger partial charge is 0.169 e. The van der Waals surface area contributed by atoms with Crippen molar-refractivity contribution in [3.63, 3.8) is 0 Å². The predicted octanol–water partition coefficient (Wildman–Crippen LogP) is 5.07. The van der Waals surface area contributed by atoms with Gasteiger partial charge in [0.2, 0.25) is 0 Å². The highest BCUT2D eigenvalue weighted by Crippen LogP contribution is 2.30. The minimum Gasteiger partial charge on any atom is -0.493 e. The molecule has 2 rings (SSSR count). The molecule has 7 heteroatoms. The first kappa shape index (κ1) is 22.8. The summed E-state index contributed by atoms with van der Waals surface area (Å²) in [4.78, 5) is 0. The van der Waals surface area contributed by atoms with Gasteiger partial charge >= 0.3 is 0 Å². The quantitative estimate of drug-likeness (QED) is 0.479. The first-order chi connectivity index (χ1) is 13.6. The zero-order valence-corrected chi connectivity index (χ0v) is 18.0. The number of halogens is 2. The van der Waals surface area contributed by atoms with Crippen molar-refractivity contribution >= 4 is 23.2 Å². The highest BCUT2D eigenvalue weighted by atomic mass is 35.5. The van der Waals surface area contributed by atoms with Crippen LogP contribution in [0.25, 0.3) is 0 Å². The lowest BCUT2D eigenvalue weighted by atomic mass is 10.2. The Morgan fingerprint density at radius 3 is 2.36 bits per heavy atom. The molecule has 0 unspecified atom stereocenters. The number of benzene rings is 2. The molecule has 0 saturated heterocycles. The normalized spacial score (nSPS) is 11.1. The van der Waals surface area contributed by atoms with E-state index in [1.807, 2.05) is 38.1 Å². The molecular formula is C21H27Cl2NO4. The number of hydrogen-bond donors (Lipinski definition) is 1. The molecular weight excluding hydrogens is 401 g/mol. The Balaban J connectivity index is 1.93. The Morgan fingerprint density at radius 2 is 1.71 bits per heavy atom. The third-order valence-corrected chi connectivity index (χ3v) is 4.56. The SMILES string of the molecule is CCOC(CNCc1ccc(OCc2ccc(Cl)cc2Cl)c(OC)c1)OCC. The largest absolute Gasteiger partial charge is 0.493 e. The van der Waals surface area contributed by atoms with Crippen molar-refractivity contribution in [1.82, 2.24) is 5.32 Å². The van der Waals surface area contributed by atoms with Crippen LogP contribution >= 0.6 is 23.2 Å². The van der Waals surface area contributed by atoms with Gasteiger partial charge in [0.25, 0.3) is 0 Å². The van der Waals surface area contributed by atoms with Gasteiger partial charge in [0, 0.05) is 41.9 Å². The molecule has 2 aromatic carbocycles. The van der Waals surface area contributed by atoms with Crippen molar-refractivity contribution in [2.45, 2.75) is 33.3 Å². The Kier molecular flexibility index (Phi) is 9.88. The summed E-state index contributed by atoms with van der Waals surface area (Å²) in [6, 6.07) is 11.2. The number of rotatable bonds is 12. The van der Waals surface area contributed by atoms with Gasteiger partial charge < -0.3 is 24.3 Å². The van der Waals surface area contributed by atoms with Crippen molar-refractivity contribution < 1.29 is 18.9 Å². The van der Waals surface area contributed by atoms with Crippen molar-refractivity contribution in [3.05, 3.63) is 57.6 Å². The second kappa shape index (κ2) is 12.1. The van der Waals surface area contributed by atoms with Gasteiger partial charge in [0.05, 0.1) is 7.11 Å². The first-order valence-electron chi connectivity index (χ1n) is 9.24. The molecule has 0 aliphatic rings. The molecule has 5 nitrogen and oxygen atoms in total. The lowest BCUT2D eigenvalue weighted by molar-refractivity contribution is -0.133. The monoisotopic (exact) mass is 427 g/mol. The van der Waals surface area contributed by atoms with Crippen molar-refractivity contribution in [2.75, 3.05) is 26.9 Å². The molecule has 28 heavy (non-hydrogen) atoms. The van der Waals surface area contributed by atoms with E-state index in [1.165, 1.54) is 0 Å². The van der Waals surface area contributed by atoms with E-state index in [1.54, 1.807) is 19.2 Å². The van der Waals surface area contributed by atoms with Crippen molar-refractivity contribution in [2.24, 2.45) is 0 Å². The maximum absolute atomic E-state index is 6.20. The van der Waals surface area contributed by atoms with Crippen LogP contribution in [0.2, 0.25) is 10.0 Å². The zero-order valence-electron chi connectivity index (χ0n) is 16.5. The average molecular weight is 428 g/mol.